The van der Waals surface area contributed by atoms with E-state index in [1.54, 1.807) is 0 Å². The second-order valence-corrected chi connectivity index (χ2v) is 6.03. The van der Waals surface area contributed by atoms with Gasteiger partial charge in [-0.2, -0.15) is 0 Å². The van der Waals surface area contributed by atoms with Gasteiger partial charge < -0.3 is 10.5 Å². The van der Waals surface area contributed by atoms with Crippen LogP contribution in [0.25, 0.3) is 0 Å². The first-order valence-corrected chi connectivity index (χ1v) is 6.90. The summed E-state index contributed by atoms with van der Waals surface area (Å²) >= 11 is 0. The zero-order valence-corrected chi connectivity index (χ0v) is 9.48. The van der Waals surface area contributed by atoms with Crippen LogP contribution in [0.4, 0.5) is 0 Å². The Hall–Kier alpha value is -0.130. The molecule has 1 rings (SSSR count). The number of ether oxygens (including phenoxy) is 1. The number of rotatable bonds is 4. The normalized spacial score (nSPS) is 31.6. The third-order valence-corrected chi connectivity index (χ3v) is 4.50. The number of hydrogen-bond donors (Lipinski definition) is 1. The Morgan fingerprint density at radius 3 is 2.71 bits per heavy atom. The first kappa shape index (κ1) is 11.9. The maximum atomic E-state index is 11.5. The lowest BCUT2D eigenvalue weighted by atomic mass is 9.95. The maximum absolute atomic E-state index is 11.5. The maximum Gasteiger partial charge on any atom is 0.153 e. The molecule has 2 N–H and O–H groups in total. The van der Waals surface area contributed by atoms with E-state index in [1.165, 1.54) is 0 Å². The predicted octanol–water partition coefficient (Wildman–Crippen LogP) is 0.319. The Morgan fingerprint density at radius 1 is 1.50 bits per heavy atom. The quantitative estimate of drug-likeness (QED) is 0.742. The van der Waals surface area contributed by atoms with Gasteiger partial charge in [0.15, 0.2) is 9.84 Å². The average Bonchev–Trinajstić information content (AvgIpc) is 2.02. The first-order valence-electron chi connectivity index (χ1n) is 5.08. The van der Waals surface area contributed by atoms with Gasteiger partial charge in [-0.1, -0.05) is 0 Å². The number of nitrogens with two attached hydrogens (primary N) is 1. The second-order valence-electron chi connectivity index (χ2n) is 3.85. The molecule has 1 heterocycles. The average molecular weight is 221 g/mol. The molecular formula is C9H19NO3S. The fourth-order valence-electron chi connectivity index (χ4n) is 2.11. The van der Waals surface area contributed by atoms with Crippen LogP contribution >= 0.6 is 0 Å². The van der Waals surface area contributed by atoms with Gasteiger partial charge in [-0.05, 0) is 32.7 Å². The molecule has 14 heavy (non-hydrogen) atoms. The Bertz CT molecular complexity index is 262. The fraction of sp³-hybridized carbons (Fsp3) is 1.00. The van der Waals surface area contributed by atoms with Gasteiger partial charge >= 0.3 is 0 Å². The molecule has 0 amide bonds. The molecule has 0 bridgehead atoms. The van der Waals surface area contributed by atoms with Crippen molar-refractivity contribution in [1.29, 1.82) is 0 Å². The van der Waals surface area contributed by atoms with E-state index in [-0.39, 0.29) is 5.75 Å². The van der Waals surface area contributed by atoms with Crippen molar-refractivity contribution in [3.63, 3.8) is 0 Å². The van der Waals surface area contributed by atoms with E-state index in [2.05, 4.69) is 0 Å². The monoisotopic (exact) mass is 221 g/mol. The highest BCUT2D eigenvalue weighted by atomic mass is 32.2. The van der Waals surface area contributed by atoms with Crippen LogP contribution < -0.4 is 5.73 Å². The van der Waals surface area contributed by atoms with Gasteiger partial charge in [0, 0.05) is 6.61 Å². The third-order valence-electron chi connectivity index (χ3n) is 2.62. The van der Waals surface area contributed by atoms with Gasteiger partial charge in [-0.25, -0.2) is 8.42 Å². The highest BCUT2D eigenvalue weighted by Gasteiger charge is 2.38. The van der Waals surface area contributed by atoms with Crippen molar-refractivity contribution in [2.24, 2.45) is 5.73 Å². The van der Waals surface area contributed by atoms with E-state index in [9.17, 15) is 8.42 Å². The minimum Gasteiger partial charge on any atom is -0.374 e. The summed E-state index contributed by atoms with van der Waals surface area (Å²) in [5.74, 6) is 0.442. The fourth-order valence-corrected chi connectivity index (χ4v) is 4.01. The third kappa shape index (κ3) is 2.93. The Balaban J connectivity index is 2.75. The molecule has 5 heteroatoms. The molecule has 0 aliphatic carbocycles. The summed E-state index contributed by atoms with van der Waals surface area (Å²) in [6, 6.07) is 0. The Morgan fingerprint density at radius 2 is 2.21 bits per heavy atom. The lowest BCUT2D eigenvalue weighted by Gasteiger charge is -2.36. The predicted molar refractivity (Wildman–Crippen MR) is 55.9 cm³/mol. The van der Waals surface area contributed by atoms with Crippen LogP contribution in [0.3, 0.4) is 0 Å². The van der Waals surface area contributed by atoms with E-state index in [1.807, 2.05) is 6.92 Å². The minimum absolute atomic E-state index is 0.144. The van der Waals surface area contributed by atoms with E-state index in [4.69, 9.17) is 10.5 Å². The molecule has 0 radical (unpaired) electrons. The van der Waals surface area contributed by atoms with Crippen molar-refractivity contribution in [3.8, 4) is 0 Å². The SMILES string of the molecule is CCOC1(CCN)CCCS(=O)(=O)C1. The summed E-state index contributed by atoms with van der Waals surface area (Å²) in [4.78, 5) is 0. The Kier molecular flexibility index (Phi) is 3.92. The van der Waals surface area contributed by atoms with Crippen LogP contribution in [0.1, 0.15) is 26.2 Å². The molecule has 1 unspecified atom stereocenters. The summed E-state index contributed by atoms with van der Waals surface area (Å²) in [5, 5.41) is 0. The molecule has 1 fully saturated rings. The molecule has 0 aromatic heterocycles. The van der Waals surface area contributed by atoms with Crippen LogP contribution in [0, 0.1) is 0 Å². The molecule has 0 spiro atoms. The van der Waals surface area contributed by atoms with Crippen molar-refractivity contribution >= 4 is 9.84 Å². The molecular weight excluding hydrogens is 202 g/mol. The van der Waals surface area contributed by atoms with Crippen molar-refractivity contribution in [2.45, 2.75) is 31.8 Å². The van der Waals surface area contributed by atoms with Crippen LogP contribution in [0.5, 0.6) is 0 Å². The van der Waals surface area contributed by atoms with Gasteiger partial charge in [0.1, 0.15) is 0 Å². The van der Waals surface area contributed by atoms with Crippen LogP contribution in [-0.2, 0) is 14.6 Å². The Labute approximate surface area is 85.7 Å². The zero-order valence-electron chi connectivity index (χ0n) is 8.66. The largest absolute Gasteiger partial charge is 0.374 e. The van der Waals surface area contributed by atoms with E-state index < -0.39 is 15.4 Å². The van der Waals surface area contributed by atoms with Crippen molar-refractivity contribution in [1.82, 2.24) is 0 Å². The van der Waals surface area contributed by atoms with Crippen LogP contribution in [0.2, 0.25) is 0 Å². The van der Waals surface area contributed by atoms with E-state index >= 15 is 0 Å². The number of hydrogen-bond acceptors (Lipinski definition) is 4. The highest BCUT2D eigenvalue weighted by molar-refractivity contribution is 7.91. The van der Waals surface area contributed by atoms with Crippen molar-refractivity contribution in [2.75, 3.05) is 24.7 Å². The lowest BCUT2D eigenvalue weighted by molar-refractivity contribution is -0.0352. The van der Waals surface area contributed by atoms with Gasteiger partial charge in [0.05, 0.1) is 17.1 Å². The molecule has 84 valence electrons. The summed E-state index contributed by atoms with van der Waals surface area (Å²) in [6.07, 6.45) is 2.15. The zero-order chi connectivity index (χ0) is 10.7. The van der Waals surface area contributed by atoms with Crippen molar-refractivity contribution in [3.05, 3.63) is 0 Å². The van der Waals surface area contributed by atoms with Crippen LogP contribution in [-0.4, -0.2) is 38.7 Å². The molecule has 0 aromatic rings. The molecule has 1 saturated heterocycles. The van der Waals surface area contributed by atoms with Gasteiger partial charge in [-0.15, -0.1) is 0 Å². The summed E-state index contributed by atoms with van der Waals surface area (Å²) < 4.78 is 28.6. The van der Waals surface area contributed by atoms with Gasteiger partial charge in [0.25, 0.3) is 0 Å². The summed E-state index contributed by atoms with van der Waals surface area (Å²) in [6.45, 7) is 2.92. The smallest absolute Gasteiger partial charge is 0.153 e. The lowest BCUT2D eigenvalue weighted by Crippen LogP contribution is -2.46. The topological polar surface area (TPSA) is 69.4 Å². The molecule has 1 aliphatic rings. The molecule has 0 saturated carbocycles. The molecule has 4 nitrogen and oxygen atoms in total. The molecule has 1 atom stereocenters. The van der Waals surface area contributed by atoms with Crippen LogP contribution in [0.15, 0.2) is 0 Å². The second kappa shape index (κ2) is 4.59. The first-order chi connectivity index (χ1) is 6.54. The van der Waals surface area contributed by atoms with Crippen molar-refractivity contribution < 1.29 is 13.2 Å². The molecule has 0 aromatic carbocycles. The standard InChI is InChI=1S/C9H19NO3S/c1-2-13-9(5-6-10)4-3-7-14(11,12)8-9/h2-8,10H2,1H3. The van der Waals surface area contributed by atoms with E-state index in [0.717, 1.165) is 6.42 Å². The highest BCUT2D eigenvalue weighted by Crippen LogP contribution is 2.29. The minimum atomic E-state index is -2.92. The van der Waals surface area contributed by atoms with Gasteiger partial charge in [0.2, 0.25) is 0 Å². The van der Waals surface area contributed by atoms with Gasteiger partial charge in [-0.3, -0.25) is 0 Å². The molecule has 1 aliphatic heterocycles. The van der Waals surface area contributed by atoms with E-state index in [0.29, 0.717) is 31.7 Å². The summed E-state index contributed by atoms with van der Waals surface area (Å²) in [7, 11) is -2.92. The summed E-state index contributed by atoms with van der Waals surface area (Å²) in [5.41, 5.74) is 4.99. The number of sulfone groups is 1.